The number of piperidine rings is 4. The van der Waals surface area contributed by atoms with Crippen LogP contribution >= 0.6 is 0 Å². The first-order chi connectivity index (χ1) is 69.1. The van der Waals surface area contributed by atoms with Gasteiger partial charge in [0.05, 0.1) is 106 Å². The maximum absolute atomic E-state index is 14.5. The van der Waals surface area contributed by atoms with Crippen LogP contribution in [-0.2, 0) is 19.2 Å². The Labute approximate surface area is 852 Å². The number of aryl methyl sites for hydroxylation is 6. The van der Waals surface area contributed by atoms with Gasteiger partial charge in [-0.25, -0.2) is 19.9 Å². The standard InChI is InChI=1S/C29H27FN4O3.C29H28N4O2.C28H27FN4O3.C28H28N4O2.4CH4/c1-4-8-25(35)33-17-6-5-9-22(33)29-32-27(28-19(2)31-16-18-34(28)29)20-12-14-21(15-13-20)37-24-11-7-10-23(36-3)26(24)30;1-4-8-26(34)32-17-6-5-11-25(32)29-31-27(28-21(3)30-16-18-33(28)29)22-12-14-23(15-13-22)35-24-10-7-9-20(2)19-24;1-4-24(34)32-16-6-5-8-21(32)28-31-26(27-18(2)30-15-17-33(27)28)19-11-13-20(14-12-19)36-23-10-7-9-22(35-3)25(23)29;1-4-25(33)31-16-6-5-10-24(31)28-30-26(27-20(3)29-15-17-32(27)28)21-11-13-22(14-12-21)34-23-9-7-8-19(2)18-23;;;;/h7,10-16,18,22H,5-6,9,17H2,1-3H3;7,9-10,12-16,18-19,25H,5-6,11,17H2,1-3H3;4,7,9-15,17,21H,1,5-6,8,16H2,2-3H3;4,7-9,11-15,17-18,24H,1,5-6,10,16H2,2-3H3;4*1H4/t22-;25-;21-;24-;;;;/m0000..../s1. The van der Waals surface area contributed by atoms with Crippen molar-refractivity contribution in [3.63, 3.8) is 0 Å². The number of likely N-dealkylation sites (tertiary alicyclic amines) is 4. The molecule has 4 saturated heterocycles. The van der Waals surface area contributed by atoms with Crippen LogP contribution in [0.15, 0.2) is 257 Å². The molecular weight excluding hydrogens is 1840 g/mol. The molecule has 0 saturated carbocycles. The number of aromatic nitrogens is 12. The van der Waals surface area contributed by atoms with Crippen LogP contribution in [0.3, 0.4) is 0 Å². The van der Waals surface area contributed by atoms with Crippen molar-refractivity contribution in [2.45, 2.75) is 186 Å². The van der Waals surface area contributed by atoms with E-state index in [-0.39, 0.29) is 101 Å². The fourth-order valence-electron chi connectivity index (χ4n) is 19.1. The molecule has 4 aliphatic rings. The highest BCUT2D eigenvalue weighted by Crippen LogP contribution is 2.44. The van der Waals surface area contributed by atoms with Crippen molar-refractivity contribution in [2.75, 3.05) is 40.4 Å². The van der Waals surface area contributed by atoms with Crippen LogP contribution in [0.25, 0.3) is 67.1 Å². The number of carbonyl (C=O) groups is 4. The summed E-state index contributed by atoms with van der Waals surface area (Å²) in [6, 6.07) is 55.6. The van der Waals surface area contributed by atoms with Gasteiger partial charge in [-0.05, 0) is 313 Å². The molecule has 28 heteroatoms. The number of nitrogens with zero attached hydrogens (tertiary/aromatic N) is 16. The predicted octanol–water partition coefficient (Wildman–Crippen LogP) is 26.1. The van der Waals surface area contributed by atoms with Gasteiger partial charge in [-0.1, -0.05) is 91.1 Å². The lowest BCUT2D eigenvalue weighted by atomic mass is 10.0. The van der Waals surface area contributed by atoms with E-state index < -0.39 is 11.6 Å². The summed E-state index contributed by atoms with van der Waals surface area (Å²) in [5.41, 5.74) is 16.4. The Hall–Kier alpha value is -16.6. The molecule has 0 N–H and O–H groups in total. The van der Waals surface area contributed by atoms with Crippen LogP contribution in [0.4, 0.5) is 8.78 Å². The lowest BCUT2D eigenvalue weighted by molar-refractivity contribution is -0.130. The number of imidazole rings is 4. The maximum atomic E-state index is 14.5. The first-order valence-electron chi connectivity index (χ1n) is 47.7. The molecule has 4 aliphatic heterocycles. The number of rotatable bonds is 20. The largest absolute Gasteiger partial charge is 0.494 e. The first-order valence-corrected chi connectivity index (χ1v) is 47.7. The van der Waals surface area contributed by atoms with Crippen LogP contribution in [-0.4, -0.2) is 141 Å². The Kier molecular flexibility index (Phi) is 35.4. The fraction of sp³-hybridized carbons (Fsp3) is 0.288. The minimum Gasteiger partial charge on any atom is -0.494 e. The summed E-state index contributed by atoms with van der Waals surface area (Å²) in [7, 11) is 2.83. The van der Waals surface area contributed by atoms with Crippen LogP contribution in [0.1, 0.15) is 202 Å². The number of halogens is 2. The van der Waals surface area contributed by atoms with Gasteiger partial charge in [0.25, 0.3) is 11.8 Å². The molecular formula is C118H126F2N16O10. The van der Waals surface area contributed by atoms with Crippen molar-refractivity contribution in [3.05, 3.63) is 326 Å². The Bertz CT molecular complexity index is 7520. The van der Waals surface area contributed by atoms with Crippen LogP contribution < -0.4 is 28.4 Å². The third kappa shape index (κ3) is 23.0. The zero-order chi connectivity index (χ0) is 99.2. The van der Waals surface area contributed by atoms with Crippen molar-refractivity contribution < 1.29 is 56.4 Å². The summed E-state index contributed by atoms with van der Waals surface area (Å²) in [5, 5.41) is 0. The molecule has 16 aromatic rings. The van der Waals surface area contributed by atoms with Gasteiger partial charge in [0.15, 0.2) is 23.0 Å². The van der Waals surface area contributed by atoms with Crippen molar-refractivity contribution in [2.24, 2.45) is 0 Å². The summed E-state index contributed by atoms with van der Waals surface area (Å²) < 4.78 is 70.9. The average molecular weight is 1970 g/mol. The van der Waals surface area contributed by atoms with Gasteiger partial charge in [-0.2, -0.15) is 8.78 Å². The number of benzene rings is 8. The third-order valence-electron chi connectivity index (χ3n) is 25.9. The van der Waals surface area contributed by atoms with Crippen molar-refractivity contribution in [1.29, 1.82) is 0 Å². The van der Waals surface area contributed by atoms with E-state index in [9.17, 15) is 28.0 Å². The molecule has 0 aliphatic carbocycles. The monoisotopic (exact) mass is 1960 g/mol. The smallest absolute Gasteiger partial charge is 0.299 e. The molecule has 0 radical (unpaired) electrons. The Morgan fingerprint density at radius 2 is 0.603 bits per heavy atom. The van der Waals surface area contributed by atoms with E-state index in [1.807, 2.05) is 216 Å². The fourth-order valence-corrected chi connectivity index (χ4v) is 19.1. The summed E-state index contributed by atoms with van der Waals surface area (Å²) in [6.07, 6.45) is 28.9. The zero-order valence-electron chi connectivity index (χ0n) is 81.1. The molecule has 752 valence electrons. The van der Waals surface area contributed by atoms with Gasteiger partial charge < -0.3 is 48.0 Å². The van der Waals surface area contributed by atoms with Crippen molar-refractivity contribution >= 4 is 45.7 Å². The summed E-state index contributed by atoms with van der Waals surface area (Å²) in [4.78, 5) is 96.5. The molecule has 0 unspecified atom stereocenters. The maximum Gasteiger partial charge on any atom is 0.299 e. The number of carbonyl (C=O) groups excluding carboxylic acids is 4. The number of amides is 4. The van der Waals surface area contributed by atoms with E-state index in [1.165, 1.54) is 26.4 Å². The second kappa shape index (κ2) is 48.4. The highest BCUT2D eigenvalue weighted by atomic mass is 19.1. The van der Waals surface area contributed by atoms with Gasteiger partial charge in [-0.3, -0.25) is 56.7 Å². The van der Waals surface area contributed by atoms with E-state index in [2.05, 4.69) is 65.6 Å². The zero-order valence-corrected chi connectivity index (χ0v) is 81.1. The third-order valence-corrected chi connectivity index (χ3v) is 25.9. The molecule has 4 fully saturated rings. The normalized spacial score (nSPS) is 15.2. The second-order valence-corrected chi connectivity index (χ2v) is 35.1. The van der Waals surface area contributed by atoms with Crippen molar-refractivity contribution in [1.82, 2.24) is 77.1 Å². The first kappa shape index (κ1) is 107. The Morgan fingerprint density at radius 3 is 0.870 bits per heavy atom. The molecule has 8 aromatic heterocycles. The molecule has 8 aromatic carbocycles. The van der Waals surface area contributed by atoms with Crippen LogP contribution in [0.2, 0.25) is 0 Å². The topological polar surface area (TPSA) is 257 Å². The van der Waals surface area contributed by atoms with Crippen molar-refractivity contribution in [3.8, 4) is 126 Å². The molecule has 12 heterocycles. The van der Waals surface area contributed by atoms with E-state index in [0.717, 1.165) is 231 Å². The molecule has 26 nitrogen and oxygen atoms in total. The molecule has 4 atom stereocenters. The van der Waals surface area contributed by atoms with E-state index in [0.29, 0.717) is 31.1 Å². The van der Waals surface area contributed by atoms with Gasteiger partial charge in [-0.15, -0.1) is 0 Å². The van der Waals surface area contributed by atoms with Crippen LogP contribution in [0.5, 0.6) is 57.5 Å². The van der Waals surface area contributed by atoms with E-state index in [4.69, 9.17) is 48.4 Å². The Morgan fingerprint density at radius 1 is 0.342 bits per heavy atom. The summed E-state index contributed by atoms with van der Waals surface area (Å²) in [5.74, 6) is 17.2. The lowest BCUT2D eigenvalue weighted by Gasteiger charge is -2.34. The number of fused-ring (bicyclic) bond motifs is 4. The minimum atomic E-state index is -0.556. The number of hydrogen-bond donors (Lipinski definition) is 0. The van der Waals surface area contributed by atoms with Gasteiger partial charge >= 0.3 is 0 Å². The van der Waals surface area contributed by atoms with E-state index >= 15 is 0 Å². The molecule has 0 spiro atoms. The molecule has 20 rings (SSSR count). The number of methoxy groups -OCH3 is 2. The lowest BCUT2D eigenvalue weighted by Crippen LogP contribution is -2.38. The summed E-state index contributed by atoms with van der Waals surface area (Å²) >= 11 is 0. The predicted molar refractivity (Wildman–Crippen MR) is 569 cm³/mol. The quantitative estimate of drug-likeness (QED) is 0.0507. The second-order valence-electron chi connectivity index (χ2n) is 35.1. The average Bonchev–Trinajstić information content (AvgIpc) is 1.62. The van der Waals surface area contributed by atoms with Gasteiger partial charge in [0.2, 0.25) is 23.4 Å². The molecule has 0 bridgehead atoms. The van der Waals surface area contributed by atoms with E-state index in [1.54, 1.807) is 99.3 Å². The SMILES string of the molecule is C.C.C.C.C=CC(=O)N1CCCC[C@H]1c1nc(-c2ccc(Oc3cccc(C)c3)cc2)c2c(C)nccn12.C=CC(=O)N1CCCC[C@H]1c1nc(-c2ccc(Oc3cccc(OC)c3F)cc2)c2c(C)nccn12.CC#CC(=O)N1CCCC[C@H]1c1nc(-c2ccc(Oc3cccc(C)c3)cc2)c2c(C)nccn12.CC#CC(=O)N1CCCC[C@H]1c1nc(-c2ccc(Oc3cccc(OC)c3F)cc2)c2c(C)nccn12. The van der Waals surface area contributed by atoms with Gasteiger partial charge in [0.1, 0.15) is 57.8 Å². The molecule has 4 amide bonds. The Balaban J connectivity index is 0.000000161. The minimum absolute atomic E-state index is 0. The van der Waals surface area contributed by atoms with Crippen LogP contribution in [0, 0.1) is 76.9 Å². The highest BCUT2D eigenvalue weighted by Gasteiger charge is 2.37. The highest BCUT2D eigenvalue weighted by molar-refractivity contribution is 5.95. The van der Waals surface area contributed by atoms with Gasteiger partial charge in [0, 0.05) is 98.0 Å². The molecule has 146 heavy (non-hydrogen) atoms. The number of hydrogen-bond acceptors (Lipinski definition) is 18. The summed E-state index contributed by atoms with van der Waals surface area (Å²) in [6.45, 7) is 25.4. The number of ether oxygens (including phenoxy) is 6.